The van der Waals surface area contributed by atoms with Crippen LogP contribution in [-0.4, -0.2) is 32.2 Å². The third-order valence-corrected chi connectivity index (χ3v) is 5.85. The van der Waals surface area contributed by atoms with Crippen LogP contribution in [0.2, 0.25) is 5.02 Å². The SMILES string of the molecule is Cn1c(=O)n(-c2ccc(CC(NC(=O)c3c(F)cccc3Cl)C(=O)O)cc2)c2c(F)c(F)ccc21. The van der Waals surface area contributed by atoms with Gasteiger partial charge in [0.1, 0.15) is 17.4 Å². The molecule has 3 aromatic carbocycles. The fourth-order valence-corrected chi connectivity index (χ4v) is 4.01. The van der Waals surface area contributed by atoms with Crippen LogP contribution >= 0.6 is 11.6 Å². The molecule has 4 aromatic rings. The van der Waals surface area contributed by atoms with Crippen LogP contribution in [0.25, 0.3) is 16.7 Å². The molecule has 0 saturated heterocycles. The third kappa shape index (κ3) is 4.40. The van der Waals surface area contributed by atoms with Crippen LogP contribution in [0.5, 0.6) is 0 Å². The first-order valence-corrected chi connectivity index (χ1v) is 10.6. The second-order valence-electron chi connectivity index (χ2n) is 7.74. The maximum Gasteiger partial charge on any atom is 0.333 e. The molecule has 35 heavy (non-hydrogen) atoms. The normalized spacial score (nSPS) is 12.0. The number of aliphatic carboxylic acids is 1. The molecule has 0 radical (unpaired) electrons. The van der Waals surface area contributed by atoms with Crippen molar-refractivity contribution in [3.05, 3.63) is 98.7 Å². The molecule has 2 N–H and O–H groups in total. The van der Waals surface area contributed by atoms with Gasteiger partial charge in [-0.15, -0.1) is 0 Å². The van der Waals surface area contributed by atoms with E-state index in [0.717, 1.165) is 16.7 Å². The fourth-order valence-electron chi connectivity index (χ4n) is 3.76. The van der Waals surface area contributed by atoms with Gasteiger partial charge in [-0.2, -0.15) is 0 Å². The maximum atomic E-state index is 14.5. The first-order valence-electron chi connectivity index (χ1n) is 10.2. The highest BCUT2D eigenvalue weighted by Crippen LogP contribution is 2.23. The first-order chi connectivity index (χ1) is 16.6. The number of nitrogens with one attached hydrogen (secondary N) is 1. The summed E-state index contributed by atoms with van der Waals surface area (Å²) in [5, 5.41) is 11.6. The molecule has 4 rings (SSSR count). The van der Waals surface area contributed by atoms with Crippen molar-refractivity contribution in [2.24, 2.45) is 7.05 Å². The summed E-state index contributed by atoms with van der Waals surface area (Å²) < 4.78 is 44.5. The molecule has 7 nitrogen and oxygen atoms in total. The van der Waals surface area contributed by atoms with Crippen molar-refractivity contribution >= 4 is 34.5 Å². The number of fused-ring (bicyclic) bond motifs is 1. The number of nitrogens with zero attached hydrogens (tertiary/aromatic N) is 2. The molecule has 0 aliphatic carbocycles. The van der Waals surface area contributed by atoms with Crippen molar-refractivity contribution in [3.63, 3.8) is 0 Å². The fraction of sp³-hybridized carbons (Fsp3) is 0.125. The number of carbonyl (C=O) groups is 2. The molecule has 1 heterocycles. The van der Waals surface area contributed by atoms with E-state index >= 15 is 0 Å². The molecule has 1 aromatic heterocycles. The van der Waals surface area contributed by atoms with E-state index in [4.69, 9.17) is 11.6 Å². The van der Waals surface area contributed by atoms with E-state index in [0.29, 0.717) is 5.56 Å². The van der Waals surface area contributed by atoms with Crippen molar-refractivity contribution in [1.29, 1.82) is 0 Å². The summed E-state index contributed by atoms with van der Waals surface area (Å²) in [4.78, 5) is 36.9. The predicted octanol–water partition coefficient (Wildman–Crippen LogP) is 3.83. The number of amides is 1. The van der Waals surface area contributed by atoms with Crippen LogP contribution < -0.4 is 11.0 Å². The van der Waals surface area contributed by atoms with E-state index in [2.05, 4.69) is 5.32 Å². The first kappa shape index (κ1) is 24.1. The number of carboxylic acids is 1. The lowest BCUT2D eigenvalue weighted by Crippen LogP contribution is -2.42. The molecule has 0 aliphatic rings. The Morgan fingerprint density at radius 2 is 1.71 bits per heavy atom. The number of aryl methyl sites for hydroxylation is 1. The highest BCUT2D eigenvalue weighted by Gasteiger charge is 2.25. The second kappa shape index (κ2) is 9.30. The summed E-state index contributed by atoms with van der Waals surface area (Å²) >= 11 is 5.87. The van der Waals surface area contributed by atoms with Gasteiger partial charge in [-0.1, -0.05) is 29.8 Å². The van der Waals surface area contributed by atoms with Gasteiger partial charge in [0.05, 0.1) is 21.8 Å². The van der Waals surface area contributed by atoms with E-state index in [1.54, 1.807) is 0 Å². The molecule has 0 saturated carbocycles. The molecule has 11 heteroatoms. The van der Waals surface area contributed by atoms with Crippen molar-refractivity contribution in [2.45, 2.75) is 12.5 Å². The van der Waals surface area contributed by atoms with E-state index < -0.39 is 46.6 Å². The maximum absolute atomic E-state index is 14.5. The van der Waals surface area contributed by atoms with Gasteiger partial charge in [-0.3, -0.25) is 13.9 Å². The molecular weight excluding hydrogens is 487 g/mol. The topological polar surface area (TPSA) is 93.3 Å². The molecule has 0 spiro atoms. The van der Waals surface area contributed by atoms with Crippen LogP contribution in [0.3, 0.4) is 0 Å². The quantitative estimate of drug-likeness (QED) is 0.418. The Morgan fingerprint density at radius 3 is 2.34 bits per heavy atom. The number of rotatable bonds is 6. The minimum absolute atomic E-state index is 0.166. The molecule has 1 unspecified atom stereocenters. The minimum atomic E-state index is -1.42. The van der Waals surface area contributed by atoms with Crippen molar-refractivity contribution in [3.8, 4) is 5.69 Å². The van der Waals surface area contributed by atoms with Gasteiger partial charge in [0, 0.05) is 13.5 Å². The minimum Gasteiger partial charge on any atom is -0.480 e. The van der Waals surface area contributed by atoms with Crippen LogP contribution in [0.1, 0.15) is 15.9 Å². The van der Waals surface area contributed by atoms with Crippen molar-refractivity contribution < 1.29 is 27.9 Å². The van der Waals surface area contributed by atoms with Gasteiger partial charge in [0.15, 0.2) is 11.6 Å². The number of benzene rings is 3. The average Bonchev–Trinajstić information content (AvgIpc) is 3.07. The summed E-state index contributed by atoms with van der Waals surface area (Å²) in [6.45, 7) is 0. The van der Waals surface area contributed by atoms with Gasteiger partial charge in [0.2, 0.25) is 0 Å². The third-order valence-electron chi connectivity index (χ3n) is 5.54. The lowest BCUT2D eigenvalue weighted by molar-refractivity contribution is -0.139. The summed E-state index contributed by atoms with van der Waals surface area (Å²) in [7, 11) is 1.43. The van der Waals surface area contributed by atoms with Gasteiger partial charge in [0.25, 0.3) is 5.91 Å². The van der Waals surface area contributed by atoms with Crippen LogP contribution in [0.15, 0.2) is 59.4 Å². The van der Waals surface area contributed by atoms with Crippen molar-refractivity contribution in [2.75, 3.05) is 0 Å². The highest BCUT2D eigenvalue weighted by atomic mass is 35.5. The standard InChI is InChI=1S/C24H17ClF3N3O4/c1-30-18-10-9-16(27)20(28)21(18)31(24(30)35)13-7-5-12(6-8-13)11-17(23(33)34)29-22(32)19-14(25)3-2-4-15(19)26/h2-10,17H,11H2,1H3,(H,29,32)(H,33,34). The Morgan fingerprint density at radius 1 is 1.03 bits per heavy atom. The highest BCUT2D eigenvalue weighted by molar-refractivity contribution is 6.33. The average molecular weight is 504 g/mol. The smallest absolute Gasteiger partial charge is 0.333 e. The van der Waals surface area contributed by atoms with Gasteiger partial charge >= 0.3 is 11.7 Å². The van der Waals surface area contributed by atoms with E-state index in [1.165, 1.54) is 54.1 Å². The summed E-state index contributed by atoms with van der Waals surface area (Å²) in [6, 6.07) is 10.3. The number of hydrogen-bond donors (Lipinski definition) is 2. The van der Waals surface area contributed by atoms with E-state index in [1.807, 2.05) is 0 Å². The van der Waals surface area contributed by atoms with Gasteiger partial charge in [-0.05, 0) is 42.0 Å². The Kier molecular flexibility index (Phi) is 6.40. The largest absolute Gasteiger partial charge is 0.480 e. The second-order valence-corrected chi connectivity index (χ2v) is 8.14. The Bertz CT molecular complexity index is 1510. The lowest BCUT2D eigenvalue weighted by atomic mass is 10.0. The Hall–Kier alpha value is -4.05. The summed E-state index contributed by atoms with van der Waals surface area (Å²) in [5.41, 5.74) is -0.444. The lowest BCUT2D eigenvalue weighted by Gasteiger charge is -2.16. The number of aromatic nitrogens is 2. The van der Waals surface area contributed by atoms with E-state index in [9.17, 15) is 32.7 Å². The molecular formula is C24H17ClF3N3O4. The van der Waals surface area contributed by atoms with Crippen molar-refractivity contribution in [1.82, 2.24) is 14.5 Å². The van der Waals surface area contributed by atoms with Crippen LogP contribution in [-0.2, 0) is 18.3 Å². The summed E-state index contributed by atoms with van der Waals surface area (Å²) in [6.07, 6.45) is -0.180. The monoisotopic (exact) mass is 503 g/mol. The molecule has 180 valence electrons. The molecule has 0 aliphatic heterocycles. The predicted molar refractivity (Wildman–Crippen MR) is 122 cm³/mol. The Balaban J connectivity index is 1.62. The molecule has 0 bridgehead atoms. The zero-order chi connectivity index (χ0) is 25.4. The number of carboxylic acid groups (broad SMARTS) is 1. The number of halogens is 4. The van der Waals surface area contributed by atoms with Gasteiger partial charge in [-0.25, -0.2) is 22.8 Å². The zero-order valence-electron chi connectivity index (χ0n) is 18.1. The molecule has 1 amide bonds. The Labute approximate surface area is 201 Å². The zero-order valence-corrected chi connectivity index (χ0v) is 18.8. The van der Waals surface area contributed by atoms with Crippen LogP contribution in [0.4, 0.5) is 13.2 Å². The number of hydrogen-bond acceptors (Lipinski definition) is 3. The molecule has 0 fully saturated rings. The van der Waals surface area contributed by atoms with E-state index in [-0.39, 0.29) is 28.2 Å². The van der Waals surface area contributed by atoms with Crippen LogP contribution in [0, 0.1) is 17.5 Å². The van der Waals surface area contributed by atoms with Gasteiger partial charge < -0.3 is 10.4 Å². The number of carbonyl (C=O) groups excluding carboxylic acids is 1. The molecule has 1 atom stereocenters. The number of imidazole rings is 1. The summed E-state index contributed by atoms with van der Waals surface area (Å²) in [5.74, 6) is -5.53.